The molecule has 1 amide bonds. The van der Waals surface area contributed by atoms with Crippen molar-refractivity contribution in [2.45, 2.75) is 32.0 Å². The van der Waals surface area contributed by atoms with Gasteiger partial charge in [0.15, 0.2) is 6.61 Å². The van der Waals surface area contributed by atoms with Crippen LogP contribution in [0, 0.1) is 0 Å². The summed E-state index contributed by atoms with van der Waals surface area (Å²) in [5.41, 5.74) is -0.574. The van der Waals surface area contributed by atoms with Crippen LogP contribution in [0.25, 0.3) is 0 Å². The Kier molecular flexibility index (Phi) is 6.98. The van der Waals surface area contributed by atoms with E-state index in [9.17, 15) is 22.8 Å². The summed E-state index contributed by atoms with van der Waals surface area (Å²) >= 11 is 0. The molecule has 0 saturated heterocycles. The average Bonchev–Trinajstić information content (AvgIpc) is 2.64. The molecule has 0 saturated carbocycles. The second-order valence-corrected chi connectivity index (χ2v) is 6.11. The first-order chi connectivity index (χ1) is 12.8. The Morgan fingerprint density at radius 2 is 1.67 bits per heavy atom. The number of alkyl halides is 3. The lowest BCUT2D eigenvalue weighted by atomic mass is 10.1. The van der Waals surface area contributed by atoms with Crippen LogP contribution in [-0.2, 0) is 22.1 Å². The van der Waals surface area contributed by atoms with E-state index in [1.807, 2.05) is 37.3 Å². The molecule has 0 aliphatic heterocycles. The Morgan fingerprint density at radius 1 is 1.04 bits per heavy atom. The van der Waals surface area contributed by atoms with Gasteiger partial charge >= 0.3 is 12.1 Å². The minimum atomic E-state index is -4.68. The van der Waals surface area contributed by atoms with Gasteiger partial charge in [0.25, 0.3) is 5.91 Å². The van der Waals surface area contributed by atoms with Crippen LogP contribution in [0.1, 0.15) is 34.8 Å². The maximum absolute atomic E-state index is 12.9. The Balaban J connectivity index is 1.82. The van der Waals surface area contributed by atoms with Crippen molar-refractivity contribution >= 4 is 11.9 Å². The maximum Gasteiger partial charge on any atom is 0.417 e. The third-order valence-corrected chi connectivity index (χ3v) is 3.90. The van der Waals surface area contributed by atoms with Crippen molar-refractivity contribution in [3.8, 4) is 0 Å². The molecule has 7 heteroatoms. The monoisotopic (exact) mass is 379 g/mol. The minimum Gasteiger partial charge on any atom is -0.452 e. The van der Waals surface area contributed by atoms with E-state index in [2.05, 4.69) is 5.32 Å². The number of ether oxygens (including phenoxy) is 1. The molecule has 1 N–H and O–H groups in total. The van der Waals surface area contributed by atoms with Gasteiger partial charge in [0.2, 0.25) is 0 Å². The predicted molar refractivity (Wildman–Crippen MR) is 94.1 cm³/mol. The van der Waals surface area contributed by atoms with E-state index in [-0.39, 0.29) is 6.04 Å². The van der Waals surface area contributed by atoms with E-state index < -0.39 is 35.8 Å². The van der Waals surface area contributed by atoms with Gasteiger partial charge in [-0.25, -0.2) is 4.79 Å². The van der Waals surface area contributed by atoms with Crippen LogP contribution < -0.4 is 5.32 Å². The van der Waals surface area contributed by atoms with Crippen LogP contribution in [-0.4, -0.2) is 24.5 Å². The fourth-order valence-corrected chi connectivity index (χ4v) is 2.53. The van der Waals surface area contributed by atoms with E-state index in [0.29, 0.717) is 6.42 Å². The van der Waals surface area contributed by atoms with Crippen LogP contribution in [0.2, 0.25) is 0 Å². The SMILES string of the molecule is C[C@H](CCc1ccccc1)NC(=O)COC(=O)c1ccccc1C(F)(F)F. The van der Waals surface area contributed by atoms with Crippen molar-refractivity contribution in [1.29, 1.82) is 0 Å². The first-order valence-electron chi connectivity index (χ1n) is 8.44. The topological polar surface area (TPSA) is 55.4 Å². The molecule has 2 aromatic carbocycles. The summed E-state index contributed by atoms with van der Waals surface area (Å²) < 4.78 is 43.5. The highest BCUT2D eigenvalue weighted by Crippen LogP contribution is 2.32. The Bertz CT molecular complexity index is 776. The van der Waals surface area contributed by atoms with Crippen molar-refractivity contribution in [2.24, 2.45) is 0 Å². The van der Waals surface area contributed by atoms with Crippen LogP contribution >= 0.6 is 0 Å². The smallest absolute Gasteiger partial charge is 0.417 e. The number of benzene rings is 2. The number of rotatable bonds is 7. The average molecular weight is 379 g/mol. The standard InChI is InChI=1S/C20H20F3NO3/c1-14(11-12-15-7-3-2-4-8-15)24-18(25)13-27-19(26)16-9-5-6-10-17(16)20(21,22)23/h2-10,14H,11-13H2,1H3,(H,24,25)/t14-/m1/s1. The summed E-state index contributed by atoms with van der Waals surface area (Å²) in [4.78, 5) is 23.8. The van der Waals surface area contributed by atoms with E-state index >= 15 is 0 Å². The highest BCUT2D eigenvalue weighted by atomic mass is 19.4. The molecule has 0 aromatic heterocycles. The summed E-state index contributed by atoms with van der Waals surface area (Å²) in [6, 6.07) is 13.9. The molecule has 0 radical (unpaired) electrons. The van der Waals surface area contributed by atoms with Gasteiger partial charge in [-0.15, -0.1) is 0 Å². The second kappa shape index (κ2) is 9.21. The van der Waals surface area contributed by atoms with Crippen molar-refractivity contribution < 1.29 is 27.5 Å². The molecule has 0 bridgehead atoms. The van der Waals surface area contributed by atoms with Crippen molar-refractivity contribution in [3.05, 3.63) is 71.3 Å². The largest absolute Gasteiger partial charge is 0.452 e. The number of hydrogen-bond donors (Lipinski definition) is 1. The van der Waals surface area contributed by atoms with Gasteiger partial charge in [-0.05, 0) is 37.5 Å². The number of amides is 1. The lowest BCUT2D eigenvalue weighted by molar-refractivity contribution is -0.138. The number of halogens is 3. The third-order valence-electron chi connectivity index (χ3n) is 3.90. The number of hydrogen-bond acceptors (Lipinski definition) is 3. The Labute approximate surface area is 155 Å². The molecule has 0 aliphatic carbocycles. The lowest BCUT2D eigenvalue weighted by Gasteiger charge is -2.15. The molecule has 1 atom stereocenters. The highest BCUT2D eigenvalue weighted by Gasteiger charge is 2.35. The first kappa shape index (κ1) is 20.5. The second-order valence-electron chi connectivity index (χ2n) is 6.11. The van der Waals surface area contributed by atoms with Crippen molar-refractivity contribution in [1.82, 2.24) is 5.32 Å². The molecule has 2 aromatic rings. The summed E-state index contributed by atoms with van der Waals surface area (Å²) in [5, 5.41) is 2.66. The maximum atomic E-state index is 12.9. The normalized spacial score (nSPS) is 12.3. The molecular weight excluding hydrogens is 359 g/mol. The highest BCUT2D eigenvalue weighted by molar-refractivity contribution is 5.93. The van der Waals surface area contributed by atoms with E-state index in [1.54, 1.807) is 0 Å². The lowest BCUT2D eigenvalue weighted by Crippen LogP contribution is -2.36. The summed E-state index contributed by atoms with van der Waals surface area (Å²) in [7, 11) is 0. The number of carbonyl (C=O) groups excluding carboxylic acids is 2. The van der Waals surface area contributed by atoms with Crippen LogP contribution in [0.3, 0.4) is 0 Å². The molecular formula is C20H20F3NO3. The molecule has 27 heavy (non-hydrogen) atoms. The fourth-order valence-electron chi connectivity index (χ4n) is 2.53. The molecule has 0 unspecified atom stereocenters. The number of carbonyl (C=O) groups is 2. The Morgan fingerprint density at radius 3 is 2.33 bits per heavy atom. The number of nitrogens with one attached hydrogen (secondary N) is 1. The van der Waals surface area contributed by atoms with Crippen LogP contribution in [0.15, 0.2) is 54.6 Å². The van der Waals surface area contributed by atoms with Gasteiger partial charge in [0.05, 0.1) is 11.1 Å². The van der Waals surface area contributed by atoms with E-state index in [0.717, 1.165) is 24.1 Å². The Hall–Kier alpha value is -2.83. The van der Waals surface area contributed by atoms with Gasteiger partial charge in [-0.1, -0.05) is 42.5 Å². The molecule has 0 spiro atoms. The summed E-state index contributed by atoms with van der Waals surface area (Å²) in [6.07, 6.45) is -3.23. The zero-order valence-electron chi connectivity index (χ0n) is 14.8. The van der Waals surface area contributed by atoms with Crippen molar-refractivity contribution in [3.63, 3.8) is 0 Å². The molecule has 4 nitrogen and oxygen atoms in total. The number of aryl methyl sites for hydroxylation is 1. The quantitative estimate of drug-likeness (QED) is 0.740. The van der Waals surface area contributed by atoms with Gasteiger partial charge in [0, 0.05) is 6.04 Å². The van der Waals surface area contributed by atoms with Gasteiger partial charge in [0.1, 0.15) is 0 Å². The van der Waals surface area contributed by atoms with Gasteiger partial charge in [-0.3, -0.25) is 4.79 Å². The molecule has 144 valence electrons. The fraction of sp³-hybridized carbons (Fsp3) is 0.300. The molecule has 0 heterocycles. The van der Waals surface area contributed by atoms with E-state index in [1.165, 1.54) is 12.1 Å². The molecule has 0 fully saturated rings. The van der Waals surface area contributed by atoms with Gasteiger partial charge < -0.3 is 10.1 Å². The number of esters is 1. The minimum absolute atomic E-state index is 0.168. The van der Waals surface area contributed by atoms with Gasteiger partial charge in [-0.2, -0.15) is 13.2 Å². The summed E-state index contributed by atoms with van der Waals surface area (Å²) in [6.45, 7) is 1.17. The molecule has 2 rings (SSSR count). The first-order valence-corrected chi connectivity index (χ1v) is 8.44. The van der Waals surface area contributed by atoms with Crippen LogP contribution in [0.5, 0.6) is 0 Å². The predicted octanol–water partition coefficient (Wildman–Crippen LogP) is 4.00. The third kappa shape index (κ3) is 6.44. The van der Waals surface area contributed by atoms with E-state index in [4.69, 9.17) is 4.74 Å². The van der Waals surface area contributed by atoms with Crippen LogP contribution in [0.4, 0.5) is 13.2 Å². The molecule has 0 aliphatic rings. The zero-order valence-corrected chi connectivity index (χ0v) is 14.8. The van der Waals surface area contributed by atoms with Crippen molar-refractivity contribution in [2.75, 3.05) is 6.61 Å². The zero-order chi connectivity index (χ0) is 19.9. The summed E-state index contributed by atoms with van der Waals surface area (Å²) in [5.74, 6) is -1.75.